The minimum Gasteiger partial charge on any atom is -0.454 e. The summed E-state index contributed by atoms with van der Waals surface area (Å²) in [6.45, 7) is 2.00. The summed E-state index contributed by atoms with van der Waals surface area (Å²) in [5, 5.41) is 13.9. The Bertz CT molecular complexity index is 1780. The number of rotatable bonds is 4. The van der Waals surface area contributed by atoms with E-state index in [-0.39, 0.29) is 21.5 Å². The van der Waals surface area contributed by atoms with E-state index in [4.69, 9.17) is 38.2 Å². The number of aryl methyl sites for hydroxylation is 1. The van der Waals surface area contributed by atoms with Gasteiger partial charge < -0.3 is 4.74 Å². The van der Waals surface area contributed by atoms with Crippen molar-refractivity contribution in [2.75, 3.05) is 0 Å². The van der Waals surface area contributed by atoms with Gasteiger partial charge in [0.05, 0.1) is 26.9 Å². The Labute approximate surface area is 214 Å². The third-order valence-electron chi connectivity index (χ3n) is 5.44. The van der Waals surface area contributed by atoms with Crippen LogP contribution in [0.15, 0.2) is 76.3 Å². The minimum absolute atomic E-state index is 0.102. The highest BCUT2D eigenvalue weighted by Gasteiger charge is 2.16. The van der Waals surface area contributed by atoms with Gasteiger partial charge in [-0.2, -0.15) is 9.94 Å². The maximum atomic E-state index is 12.2. The zero-order valence-electron chi connectivity index (χ0n) is 18.6. The first-order chi connectivity index (χ1) is 17.3. The number of halogens is 2. The van der Waals surface area contributed by atoms with Crippen LogP contribution >= 0.6 is 23.2 Å². The second-order valence-corrected chi connectivity index (χ2v) is 8.66. The van der Waals surface area contributed by atoms with Gasteiger partial charge in [0.2, 0.25) is 5.69 Å². The average Bonchev–Trinajstić information content (AvgIpc) is 2.87. The molecule has 0 radical (unpaired) electrons. The predicted molar refractivity (Wildman–Crippen MR) is 137 cm³/mol. The Morgan fingerprint density at radius 3 is 2.42 bits per heavy atom. The maximum absolute atomic E-state index is 12.2. The molecule has 0 aliphatic carbocycles. The van der Waals surface area contributed by atoms with Gasteiger partial charge >= 0.3 is 5.69 Å². The van der Waals surface area contributed by atoms with Crippen LogP contribution in [-0.2, 0) is 0 Å². The lowest BCUT2D eigenvalue weighted by Crippen LogP contribution is -2.33. The van der Waals surface area contributed by atoms with Crippen molar-refractivity contribution in [2.45, 2.75) is 6.92 Å². The van der Waals surface area contributed by atoms with Crippen LogP contribution in [0.3, 0.4) is 0 Å². The Kier molecular flexibility index (Phi) is 6.02. The lowest BCUT2D eigenvalue weighted by Gasteiger charge is -2.13. The zero-order chi connectivity index (χ0) is 25.4. The Balaban J connectivity index is 1.50. The second kappa shape index (κ2) is 9.30. The van der Waals surface area contributed by atoms with E-state index in [2.05, 4.69) is 5.10 Å². The number of aromatic nitrogens is 4. The van der Waals surface area contributed by atoms with Crippen molar-refractivity contribution < 1.29 is 4.74 Å². The van der Waals surface area contributed by atoms with Gasteiger partial charge in [-0.25, -0.2) is 9.78 Å². The summed E-state index contributed by atoms with van der Waals surface area (Å²) in [7, 11) is 0. The molecule has 0 amide bonds. The van der Waals surface area contributed by atoms with E-state index in [0.29, 0.717) is 5.75 Å². The molecule has 0 spiro atoms. The van der Waals surface area contributed by atoms with Crippen molar-refractivity contribution in [3.05, 3.63) is 109 Å². The molecule has 0 saturated heterocycles. The minimum atomic E-state index is -0.882. The molecule has 3 aromatic carbocycles. The summed E-state index contributed by atoms with van der Waals surface area (Å²) in [6, 6.07) is 21.8. The molecular formula is C26H15Cl2N5O3. The summed E-state index contributed by atoms with van der Waals surface area (Å²) in [6.07, 6.45) is 0. The molecule has 0 bridgehead atoms. The number of hydrogen-bond acceptors (Lipinski definition) is 6. The molecule has 0 atom stereocenters. The lowest BCUT2D eigenvalue weighted by molar-refractivity contribution is 0.483. The molecule has 5 aromatic rings. The average molecular weight is 516 g/mol. The van der Waals surface area contributed by atoms with E-state index in [1.807, 2.05) is 60.4 Å². The Hall–Kier alpha value is -4.45. The maximum Gasteiger partial charge on any atom is 0.349 e. The van der Waals surface area contributed by atoms with E-state index in [1.165, 1.54) is 12.1 Å². The molecule has 1 N–H and O–H groups in total. The summed E-state index contributed by atoms with van der Waals surface area (Å²) in [4.78, 5) is 30.6. The SMILES string of the molecule is Cc1cc(-c2ccccc2)nc2ccc(Oc3c(Cl)cc(-n4nc(C#N)c(=O)[nH]c4=O)cc3Cl)cc12. The van der Waals surface area contributed by atoms with Crippen molar-refractivity contribution in [1.29, 1.82) is 5.26 Å². The third kappa shape index (κ3) is 4.33. The van der Waals surface area contributed by atoms with Crippen molar-refractivity contribution in [2.24, 2.45) is 0 Å². The van der Waals surface area contributed by atoms with E-state index in [0.717, 1.165) is 32.4 Å². The fraction of sp³-hybridized carbons (Fsp3) is 0.0385. The number of benzene rings is 3. The van der Waals surface area contributed by atoms with Crippen molar-refractivity contribution in [1.82, 2.24) is 19.7 Å². The van der Waals surface area contributed by atoms with Crippen LogP contribution in [0, 0.1) is 18.3 Å². The van der Waals surface area contributed by atoms with Crippen LogP contribution in [0.1, 0.15) is 11.3 Å². The fourth-order valence-corrected chi connectivity index (χ4v) is 4.28. The largest absolute Gasteiger partial charge is 0.454 e. The highest BCUT2D eigenvalue weighted by molar-refractivity contribution is 6.37. The number of nitriles is 1. The van der Waals surface area contributed by atoms with Crippen LogP contribution in [0.2, 0.25) is 10.0 Å². The van der Waals surface area contributed by atoms with Crippen LogP contribution in [-0.4, -0.2) is 19.7 Å². The first-order valence-corrected chi connectivity index (χ1v) is 11.4. The summed E-state index contributed by atoms with van der Waals surface area (Å²) in [5.41, 5.74) is 1.69. The van der Waals surface area contributed by atoms with Crippen molar-refractivity contribution >= 4 is 34.1 Å². The smallest absolute Gasteiger partial charge is 0.349 e. The quantitative estimate of drug-likeness (QED) is 0.342. The monoisotopic (exact) mass is 515 g/mol. The third-order valence-corrected chi connectivity index (χ3v) is 6.00. The normalized spacial score (nSPS) is 10.8. The number of nitrogens with one attached hydrogen (secondary N) is 1. The Morgan fingerprint density at radius 1 is 1.00 bits per heavy atom. The molecule has 36 heavy (non-hydrogen) atoms. The van der Waals surface area contributed by atoms with Gasteiger partial charge in [-0.3, -0.25) is 9.78 Å². The van der Waals surface area contributed by atoms with Gasteiger partial charge in [0.25, 0.3) is 5.56 Å². The number of pyridine rings is 1. The van der Waals surface area contributed by atoms with Gasteiger partial charge in [0.15, 0.2) is 5.75 Å². The number of nitrogens with zero attached hydrogens (tertiary/aromatic N) is 4. The molecule has 10 heteroatoms. The number of H-pyrrole nitrogens is 1. The molecule has 0 fully saturated rings. The molecule has 8 nitrogen and oxygen atoms in total. The molecule has 0 aliphatic rings. The molecule has 2 aromatic heterocycles. The van der Waals surface area contributed by atoms with Gasteiger partial charge in [-0.05, 0) is 48.9 Å². The molecule has 176 valence electrons. The lowest BCUT2D eigenvalue weighted by atomic mass is 10.0. The van der Waals surface area contributed by atoms with Crippen LogP contribution in [0.4, 0.5) is 0 Å². The number of ether oxygens (including phenoxy) is 1. The predicted octanol–water partition coefficient (Wildman–Crippen LogP) is 5.42. The standard InChI is InChI=1S/C26H15Cl2N5O3/c1-14-9-22(15-5-3-2-4-6-15)30-21-8-7-17(12-18(14)21)36-24-19(27)10-16(11-20(24)28)33-26(35)31-25(34)23(13-29)32-33/h2-12H,1H3,(H,31,34,35). The van der Waals surface area contributed by atoms with Crippen LogP contribution in [0.5, 0.6) is 11.5 Å². The van der Waals surface area contributed by atoms with E-state index in [1.54, 1.807) is 12.1 Å². The van der Waals surface area contributed by atoms with E-state index < -0.39 is 16.9 Å². The van der Waals surface area contributed by atoms with Gasteiger partial charge in [-0.1, -0.05) is 53.5 Å². The van der Waals surface area contributed by atoms with E-state index >= 15 is 0 Å². The van der Waals surface area contributed by atoms with E-state index in [9.17, 15) is 9.59 Å². The number of aromatic amines is 1. The summed E-state index contributed by atoms with van der Waals surface area (Å²) < 4.78 is 6.82. The van der Waals surface area contributed by atoms with Crippen molar-refractivity contribution in [3.63, 3.8) is 0 Å². The summed E-state index contributed by atoms with van der Waals surface area (Å²) >= 11 is 12.9. The molecule has 2 heterocycles. The highest BCUT2D eigenvalue weighted by Crippen LogP contribution is 2.39. The van der Waals surface area contributed by atoms with Gasteiger partial charge in [0.1, 0.15) is 11.8 Å². The van der Waals surface area contributed by atoms with Crippen LogP contribution < -0.4 is 16.0 Å². The van der Waals surface area contributed by atoms with Gasteiger partial charge in [0, 0.05) is 10.9 Å². The zero-order valence-corrected chi connectivity index (χ0v) is 20.1. The van der Waals surface area contributed by atoms with Gasteiger partial charge in [-0.15, -0.1) is 5.10 Å². The molecule has 0 saturated carbocycles. The van der Waals surface area contributed by atoms with Crippen molar-refractivity contribution in [3.8, 4) is 34.5 Å². The molecular weight excluding hydrogens is 501 g/mol. The van der Waals surface area contributed by atoms with Crippen LogP contribution in [0.25, 0.3) is 27.8 Å². The fourth-order valence-electron chi connectivity index (χ4n) is 3.73. The first kappa shape index (κ1) is 23.3. The summed E-state index contributed by atoms with van der Waals surface area (Å²) in [5.74, 6) is 0.661. The molecule has 0 unspecified atom stereocenters. The topological polar surface area (TPSA) is 114 Å². The molecule has 5 rings (SSSR count). The first-order valence-electron chi connectivity index (χ1n) is 10.6. The second-order valence-electron chi connectivity index (χ2n) is 7.84. The number of hydrogen-bond donors (Lipinski definition) is 1. The Morgan fingerprint density at radius 2 is 1.72 bits per heavy atom. The highest BCUT2D eigenvalue weighted by atomic mass is 35.5. The molecule has 0 aliphatic heterocycles. The number of fused-ring (bicyclic) bond motifs is 1.